The van der Waals surface area contributed by atoms with E-state index in [2.05, 4.69) is 10.6 Å². The second-order valence-corrected chi connectivity index (χ2v) is 16.1. The van der Waals surface area contributed by atoms with Crippen LogP contribution in [0.4, 0.5) is 9.59 Å². The molecule has 4 aromatic carbocycles. The van der Waals surface area contributed by atoms with E-state index in [1.807, 2.05) is 108 Å². The lowest BCUT2D eigenvalue weighted by Gasteiger charge is -2.22. The lowest BCUT2D eigenvalue weighted by atomic mass is 9.98. The van der Waals surface area contributed by atoms with Crippen LogP contribution in [0.1, 0.15) is 34.1 Å². The second kappa shape index (κ2) is 16.9. The van der Waals surface area contributed by atoms with Gasteiger partial charge in [0, 0.05) is 24.9 Å². The Bertz CT molecular complexity index is 2280. The van der Waals surface area contributed by atoms with Crippen LogP contribution in [0.15, 0.2) is 97.1 Å². The van der Waals surface area contributed by atoms with Gasteiger partial charge in [-0.05, 0) is 44.5 Å². The SMILES string of the molecule is O=C(NCCNC(=O)C(CS(=O)(=O)O)NC(=O)C(CS(=O)(=O)O)NC(=O)OCC1c2ccccc2-c2ccccc21)OCC1c2ccccc2-c2ccccc21. The molecule has 2 aliphatic carbocycles. The van der Waals surface area contributed by atoms with Gasteiger partial charge in [0.25, 0.3) is 20.2 Å². The lowest BCUT2D eigenvalue weighted by molar-refractivity contribution is -0.129. The summed E-state index contributed by atoms with van der Waals surface area (Å²) in [6, 6.07) is 26.4. The summed E-state index contributed by atoms with van der Waals surface area (Å²) in [7, 11) is -9.84. The average molecular weight is 807 g/mol. The van der Waals surface area contributed by atoms with Gasteiger partial charge in [-0.1, -0.05) is 97.1 Å². The summed E-state index contributed by atoms with van der Waals surface area (Å²) < 4.78 is 77.0. The molecule has 0 bridgehead atoms. The minimum Gasteiger partial charge on any atom is -0.449 e. The van der Waals surface area contributed by atoms with Crippen LogP contribution in [0.5, 0.6) is 0 Å². The van der Waals surface area contributed by atoms with Gasteiger partial charge in [-0.25, -0.2) is 9.59 Å². The first-order valence-electron chi connectivity index (χ1n) is 17.4. The molecule has 6 N–H and O–H groups in total. The quantitative estimate of drug-likeness (QED) is 0.0751. The van der Waals surface area contributed by atoms with Crippen molar-refractivity contribution in [1.82, 2.24) is 21.3 Å². The fourth-order valence-electron chi connectivity index (χ4n) is 6.96. The van der Waals surface area contributed by atoms with Gasteiger partial charge in [0.15, 0.2) is 0 Å². The minimum atomic E-state index is -4.93. The molecular formula is C38H38N4O12S2. The van der Waals surface area contributed by atoms with Crippen molar-refractivity contribution in [2.75, 3.05) is 37.8 Å². The number of alkyl carbamates (subject to hydrolysis) is 2. The number of hydrogen-bond donors (Lipinski definition) is 6. The topological polar surface area (TPSA) is 244 Å². The van der Waals surface area contributed by atoms with E-state index in [1.165, 1.54) is 0 Å². The maximum Gasteiger partial charge on any atom is 0.407 e. The fourth-order valence-corrected chi connectivity index (χ4v) is 8.28. The van der Waals surface area contributed by atoms with E-state index in [1.54, 1.807) is 0 Å². The minimum absolute atomic E-state index is 0.0312. The van der Waals surface area contributed by atoms with Gasteiger partial charge in [-0.3, -0.25) is 18.7 Å². The van der Waals surface area contributed by atoms with Crippen molar-refractivity contribution in [2.45, 2.75) is 23.9 Å². The highest BCUT2D eigenvalue weighted by atomic mass is 32.2. The van der Waals surface area contributed by atoms with E-state index in [0.29, 0.717) is 0 Å². The number of fused-ring (bicyclic) bond motifs is 6. The maximum atomic E-state index is 13.2. The summed E-state index contributed by atoms with van der Waals surface area (Å²) in [4.78, 5) is 51.6. The number of amides is 4. The molecule has 18 heteroatoms. The van der Waals surface area contributed by atoms with E-state index in [0.717, 1.165) is 44.5 Å². The van der Waals surface area contributed by atoms with Crippen molar-refractivity contribution in [2.24, 2.45) is 0 Å². The first-order valence-corrected chi connectivity index (χ1v) is 20.6. The third-order valence-corrected chi connectivity index (χ3v) is 10.9. The van der Waals surface area contributed by atoms with Crippen molar-refractivity contribution in [3.8, 4) is 22.3 Å². The third kappa shape index (κ3) is 9.69. The Morgan fingerprint density at radius 2 is 0.875 bits per heavy atom. The van der Waals surface area contributed by atoms with Crippen LogP contribution >= 0.6 is 0 Å². The van der Waals surface area contributed by atoms with Crippen LogP contribution in [0.25, 0.3) is 22.3 Å². The van der Waals surface area contributed by atoms with Gasteiger partial charge in [-0.15, -0.1) is 0 Å². The zero-order valence-corrected chi connectivity index (χ0v) is 31.2. The largest absolute Gasteiger partial charge is 0.449 e. The predicted octanol–water partition coefficient (Wildman–Crippen LogP) is 2.81. The van der Waals surface area contributed by atoms with Gasteiger partial charge < -0.3 is 30.7 Å². The number of carbonyl (C=O) groups is 4. The van der Waals surface area contributed by atoms with Gasteiger partial charge in [0.2, 0.25) is 11.8 Å². The van der Waals surface area contributed by atoms with E-state index in [9.17, 15) is 45.1 Å². The highest BCUT2D eigenvalue weighted by Crippen LogP contribution is 2.45. The van der Waals surface area contributed by atoms with E-state index in [4.69, 9.17) is 9.47 Å². The molecule has 0 radical (unpaired) electrons. The van der Waals surface area contributed by atoms with Gasteiger partial charge in [0.05, 0.1) is 0 Å². The monoisotopic (exact) mass is 806 g/mol. The molecule has 4 aromatic rings. The van der Waals surface area contributed by atoms with Crippen molar-refractivity contribution in [3.63, 3.8) is 0 Å². The summed E-state index contributed by atoms with van der Waals surface area (Å²) in [6.07, 6.45) is -2.04. The molecule has 0 aliphatic heterocycles. The molecule has 0 saturated carbocycles. The van der Waals surface area contributed by atoms with Crippen LogP contribution in [0.3, 0.4) is 0 Å². The molecular weight excluding hydrogens is 769 g/mol. The molecule has 2 aliphatic rings. The number of ether oxygens (including phenoxy) is 2. The van der Waals surface area contributed by atoms with Crippen molar-refractivity contribution < 1.29 is 54.6 Å². The first-order chi connectivity index (χ1) is 26.7. The lowest BCUT2D eigenvalue weighted by Crippen LogP contribution is -2.57. The Morgan fingerprint density at radius 3 is 1.29 bits per heavy atom. The molecule has 0 aromatic heterocycles. The molecule has 0 fully saturated rings. The molecule has 16 nitrogen and oxygen atoms in total. The smallest absolute Gasteiger partial charge is 0.407 e. The number of benzene rings is 4. The Kier molecular flexibility index (Phi) is 12.0. The first kappa shape index (κ1) is 39.9. The Balaban J connectivity index is 1.02. The summed E-state index contributed by atoms with van der Waals surface area (Å²) in [5.74, 6) is -5.82. The maximum absolute atomic E-state index is 13.2. The van der Waals surface area contributed by atoms with Gasteiger partial charge in [-0.2, -0.15) is 16.8 Å². The normalized spacial score (nSPS) is 14.2. The zero-order valence-electron chi connectivity index (χ0n) is 29.6. The van der Waals surface area contributed by atoms with Crippen molar-refractivity contribution in [3.05, 3.63) is 119 Å². The second-order valence-electron chi connectivity index (χ2n) is 13.1. The predicted molar refractivity (Wildman–Crippen MR) is 203 cm³/mol. The van der Waals surface area contributed by atoms with E-state index < -0.39 is 67.8 Å². The fraction of sp³-hybridized carbons (Fsp3) is 0.263. The van der Waals surface area contributed by atoms with Crippen molar-refractivity contribution >= 4 is 44.2 Å². The highest BCUT2D eigenvalue weighted by molar-refractivity contribution is 7.86. The molecule has 2 unspecified atom stereocenters. The molecule has 56 heavy (non-hydrogen) atoms. The highest BCUT2D eigenvalue weighted by Gasteiger charge is 2.34. The molecule has 294 valence electrons. The molecule has 0 heterocycles. The van der Waals surface area contributed by atoms with Gasteiger partial charge in [0.1, 0.15) is 36.8 Å². The van der Waals surface area contributed by atoms with Crippen molar-refractivity contribution in [1.29, 1.82) is 0 Å². The summed E-state index contributed by atoms with van der Waals surface area (Å²) in [6.45, 7) is -0.654. The van der Waals surface area contributed by atoms with Crippen LogP contribution < -0.4 is 21.3 Å². The number of carbonyl (C=O) groups excluding carboxylic acids is 4. The van der Waals surface area contributed by atoms with E-state index >= 15 is 0 Å². The van der Waals surface area contributed by atoms with Gasteiger partial charge >= 0.3 is 12.2 Å². The Morgan fingerprint density at radius 1 is 0.518 bits per heavy atom. The van der Waals surface area contributed by atoms with Crippen LogP contribution in [0, 0.1) is 0 Å². The number of nitrogens with one attached hydrogen (secondary N) is 4. The Labute approximate surface area is 322 Å². The molecule has 2 atom stereocenters. The Hall–Kier alpha value is -5.82. The zero-order chi connectivity index (χ0) is 40.0. The van der Waals surface area contributed by atoms with E-state index in [-0.39, 0.29) is 38.1 Å². The average Bonchev–Trinajstić information content (AvgIpc) is 3.65. The standard InChI is InChI=1S/C38H38N4O12S2/c43-35(39-17-18-40-37(45)53-19-31-27-13-5-1-9-23(27)24-10-2-6-14-28(24)31)33(21-55(47,48)49)41-36(44)34(22-56(50,51)52)42-38(46)54-20-32-29-15-7-3-11-25(29)26-12-4-8-16-30(26)32/h1-16,31-34H,17-22H2,(H,39,43)(H,40,45)(H,41,44)(H,42,46)(H,47,48,49)(H,50,51,52). The summed E-state index contributed by atoms with van der Waals surface area (Å²) >= 11 is 0. The van der Waals surface area contributed by atoms with Crippen LogP contribution in [0.2, 0.25) is 0 Å². The number of rotatable bonds is 15. The number of hydrogen-bond acceptors (Lipinski definition) is 10. The molecule has 0 spiro atoms. The molecule has 4 amide bonds. The molecule has 6 rings (SSSR count). The van der Waals surface area contributed by atoms with Crippen LogP contribution in [-0.2, 0) is 39.3 Å². The summed E-state index contributed by atoms with van der Waals surface area (Å²) in [5.41, 5.74) is 7.74. The third-order valence-electron chi connectivity index (χ3n) is 9.38. The van der Waals surface area contributed by atoms with Crippen LogP contribution in [-0.4, -0.2) is 99.8 Å². The molecule has 0 saturated heterocycles. The summed E-state index contributed by atoms with van der Waals surface area (Å²) in [5, 5.41) is 8.80.